The van der Waals surface area contributed by atoms with E-state index in [9.17, 15) is 9.59 Å². The van der Waals surface area contributed by atoms with Gasteiger partial charge in [0.05, 0.1) is 5.25 Å². The number of benzene rings is 1. The van der Waals surface area contributed by atoms with E-state index in [1.54, 1.807) is 0 Å². The lowest BCUT2D eigenvalue weighted by Gasteiger charge is -2.12. The monoisotopic (exact) mass is 309 g/mol. The van der Waals surface area contributed by atoms with Crippen LogP contribution in [-0.4, -0.2) is 36.7 Å². The Morgan fingerprint density at radius 1 is 1.19 bits per heavy atom. The first-order chi connectivity index (χ1) is 10.0. The van der Waals surface area contributed by atoms with Crippen molar-refractivity contribution < 1.29 is 9.59 Å². The van der Waals surface area contributed by atoms with Gasteiger partial charge < -0.3 is 16.0 Å². The summed E-state index contributed by atoms with van der Waals surface area (Å²) in [6.07, 6.45) is 0. The van der Waals surface area contributed by atoms with E-state index in [0.29, 0.717) is 6.54 Å². The molecule has 1 aromatic carbocycles. The Hall–Kier alpha value is -1.53. The molecule has 6 heteroatoms. The molecule has 21 heavy (non-hydrogen) atoms. The van der Waals surface area contributed by atoms with Gasteiger partial charge in [0.2, 0.25) is 11.8 Å². The minimum atomic E-state index is -0.154. The van der Waals surface area contributed by atoms with Crippen LogP contribution >= 0.6 is 11.8 Å². The van der Waals surface area contributed by atoms with Gasteiger partial charge in [-0.1, -0.05) is 6.92 Å². The van der Waals surface area contributed by atoms with Crippen molar-refractivity contribution in [2.75, 3.05) is 25.0 Å². The Kier molecular flexibility index (Phi) is 7.85. The maximum Gasteiger partial charge on any atom is 0.233 e. The summed E-state index contributed by atoms with van der Waals surface area (Å²) in [5.74, 6) is -0.0623. The van der Waals surface area contributed by atoms with Gasteiger partial charge in [0, 0.05) is 30.6 Å². The number of thioether (sulfide) groups is 1. The predicted octanol–water partition coefficient (Wildman–Crippen LogP) is 1.85. The molecule has 0 saturated heterocycles. The standard InChI is InChI=1S/C15H23N3O2S/c1-4-16-9-10-17-15(20)11(2)21-14-7-5-13(6-8-14)18-12(3)19/h5-8,11,16H,4,9-10H2,1-3H3,(H,17,20)(H,18,19). The molecular formula is C15H23N3O2S. The van der Waals surface area contributed by atoms with Crippen molar-refractivity contribution in [1.29, 1.82) is 0 Å². The molecule has 2 amide bonds. The van der Waals surface area contributed by atoms with Crippen molar-refractivity contribution >= 4 is 29.3 Å². The van der Waals surface area contributed by atoms with Gasteiger partial charge in [-0.25, -0.2) is 0 Å². The first kappa shape index (κ1) is 17.5. The number of hydrogen-bond acceptors (Lipinski definition) is 4. The van der Waals surface area contributed by atoms with Gasteiger partial charge in [-0.2, -0.15) is 0 Å². The summed E-state index contributed by atoms with van der Waals surface area (Å²) in [5, 5.41) is 8.61. The minimum Gasteiger partial charge on any atom is -0.354 e. The SMILES string of the molecule is CCNCCNC(=O)C(C)Sc1ccc(NC(C)=O)cc1. The molecule has 0 bridgehead atoms. The molecule has 0 aliphatic heterocycles. The number of amides is 2. The Balaban J connectivity index is 2.41. The van der Waals surface area contributed by atoms with Gasteiger partial charge in [0.15, 0.2) is 0 Å². The smallest absolute Gasteiger partial charge is 0.233 e. The van der Waals surface area contributed by atoms with Crippen LogP contribution < -0.4 is 16.0 Å². The molecule has 0 aliphatic carbocycles. The van der Waals surface area contributed by atoms with E-state index in [-0.39, 0.29) is 17.1 Å². The average Bonchev–Trinajstić information content (AvgIpc) is 2.45. The zero-order chi connectivity index (χ0) is 15.7. The average molecular weight is 309 g/mol. The van der Waals surface area contributed by atoms with Crippen LogP contribution in [0.4, 0.5) is 5.69 Å². The molecule has 1 aromatic rings. The molecule has 1 rings (SSSR count). The second kappa shape index (κ2) is 9.41. The van der Waals surface area contributed by atoms with Gasteiger partial charge in [-0.3, -0.25) is 9.59 Å². The summed E-state index contributed by atoms with van der Waals surface area (Å²) in [7, 11) is 0. The van der Waals surface area contributed by atoms with Gasteiger partial charge in [-0.15, -0.1) is 11.8 Å². The van der Waals surface area contributed by atoms with Crippen LogP contribution in [0, 0.1) is 0 Å². The molecular weight excluding hydrogens is 286 g/mol. The Bertz CT molecular complexity index is 462. The maximum absolute atomic E-state index is 11.9. The highest BCUT2D eigenvalue weighted by Gasteiger charge is 2.13. The third kappa shape index (κ3) is 7.15. The van der Waals surface area contributed by atoms with Crippen LogP contribution in [0.3, 0.4) is 0 Å². The second-order valence-electron chi connectivity index (χ2n) is 4.61. The quantitative estimate of drug-likeness (QED) is 0.506. The minimum absolute atomic E-state index is 0.0313. The maximum atomic E-state index is 11.9. The fourth-order valence-corrected chi connectivity index (χ4v) is 2.56. The third-order valence-corrected chi connectivity index (χ3v) is 3.82. The van der Waals surface area contributed by atoms with Crippen molar-refractivity contribution in [3.05, 3.63) is 24.3 Å². The topological polar surface area (TPSA) is 70.2 Å². The van der Waals surface area contributed by atoms with E-state index >= 15 is 0 Å². The number of rotatable bonds is 8. The first-order valence-electron chi connectivity index (χ1n) is 7.05. The lowest BCUT2D eigenvalue weighted by Crippen LogP contribution is -2.36. The molecule has 1 atom stereocenters. The van der Waals surface area contributed by atoms with Crippen LogP contribution in [0.5, 0.6) is 0 Å². The van der Waals surface area contributed by atoms with E-state index in [1.807, 2.05) is 38.1 Å². The fourth-order valence-electron chi connectivity index (χ4n) is 1.67. The van der Waals surface area contributed by atoms with Crippen molar-refractivity contribution in [2.45, 2.75) is 30.9 Å². The van der Waals surface area contributed by atoms with E-state index in [0.717, 1.165) is 23.7 Å². The molecule has 0 radical (unpaired) electrons. The van der Waals surface area contributed by atoms with E-state index in [1.165, 1.54) is 18.7 Å². The molecule has 0 spiro atoms. The molecule has 1 unspecified atom stereocenters. The molecule has 0 aliphatic rings. The van der Waals surface area contributed by atoms with Crippen LogP contribution in [0.25, 0.3) is 0 Å². The van der Waals surface area contributed by atoms with Crippen molar-refractivity contribution in [3.8, 4) is 0 Å². The highest BCUT2D eigenvalue weighted by molar-refractivity contribution is 8.00. The van der Waals surface area contributed by atoms with Crippen LogP contribution in [0.15, 0.2) is 29.2 Å². The molecule has 0 aromatic heterocycles. The molecule has 3 N–H and O–H groups in total. The molecule has 5 nitrogen and oxygen atoms in total. The zero-order valence-corrected chi connectivity index (χ0v) is 13.5. The van der Waals surface area contributed by atoms with E-state index in [4.69, 9.17) is 0 Å². The Morgan fingerprint density at radius 2 is 1.86 bits per heavy atom. The van der Waals surface area contributed by atoms with Crippen LogP contribution in [0.2, 0.25) is 0 Å². The summed E-state index contributed by atoms with van der Waals surface area (Å²) in [6, 6.07) is 7.47. The fraction of sp³-hybridized carbons (Fsp3) is 0.467. The summed E-state index contributed by atoms with van der Waals surface area (Å²) in [6.45, 7) is 7.72. The molecule has 0 heterocycles. The summed E-state index contributed by atoms with van der Waals surface area (Å²) < 4.78 is 0. The lowest BCUT2D eigenvalue weighted by atomic mass is 10.3. The zero-order valence-electron chi connectivity index (χ0n) is 12.7. The largest absolute Gasteiger partial charge is 0.354 e. The van der Waals surface area contributed by atoms with Crippen molar-refractivity contribution in [2.24, 2.45) is 0 Å². The van der Waals surface area contributed by atoms with Crippen LogP contribution in [-0.2, 0) is 9.59 Å². The number of hydrogen-bond donors (Lipinski definition) is 3. The van der Waals surface area contributed by atoms with Gasteiger partial charge in [0.1, 0.15) is 0 Å². The number of nitrogens with one attached hydrogen (secondary N) is 3. The second-order valence-corrected chi connectivity index (χ2v) is 6.02. The Labute approximate surface area is 130 Å². The third-order valence-electron chi connectivity index (χ3n) is 2.71. The molecule has 0 fully saturated rings. The molecule has 0 saturated carbocycles. The van der Waals surface area contributed by atoms with E-state index < -0.39 is 0 Å². The van der Waals surface area contributed by atoms with Gasteiger partial charge in [-0.05, 0) is 37.7 Å². The summed E-state index contributed by atoms with van der Waals surface area (Å²) in [4.78, 5) is 23.8. The summed E-state index contributed by atoms with van der Waals surface area (Å²) in [5.41, 5.74) is 0.759. The van der Waals surface area contributed by atoms with Gasteiger partial charge >= 0.3 is 0 Å². The number of carbonyl (C=O) groups excluding carboxylic acids is 2. The highest BCUT2D eigenvalue weighted by atomic mass is 32.2. The predicted molar refractivity (Wildman–Crippen MR) is 87.6 cm³/mol. The van der Waals surface area contributed by atoms with Crippen LogP contribution in [0.1, 0.15) is 20.8 Å². The lowest BCUT2D eigenvalue weighted by molar-refractivity contribution is -0.120. The highest BCUT2D eigenvalue weighted by Crippen LogP contribution is 2.24. The first-order valence-corrected chi connectivity index (χ1v) is 7.93. The number of anilines is 1. The van der Waals surface area contributed by atoms with E-state index in [2.05, 4.69) is 16.0 Å². The molecule has 116 valence electrons. The van der Waals surface area contributed by atoms with Crippen molar-refractivity contribution in [1.82, 2.24) is 10.6 Å². The summed E-state index contributed by atoms with van der Waals surface area (Å²) >= 11 is 1.50. The Morgan fingerprint density at radius 3 is 2.43 bits per heavy atom. The normalized spacial score (nSPS) is 11.8. The number of likely N-dealkylation sites (N-methyl/N-ethyl adjacent to an activating group) is 1. The van der Waals surface area contributed by atoms with Gasteiger partial charge in [0.25, 0.3) is 0 Å². The number of carbonyl (C=O) groups is 2. The van der Waals surface area contributed by atoms with Crippen molar-refractivity contribution in [3.63, 3.8) is 0 Å².